The van der Waals surface area contributed by atoms with Gasteiger partial charge in [0, 0.05) is 0 Å². The average Bonchev–Trinajstić information content (AvgIpc) is 1.27. The first-order chi connectivity index (χ1) is 3.13. The summed E-state index contributed by atoms with van der Waals surface area (Å²) in [6, 6.07) is 0. The Labute approximate surface area is 46.2 Å². The lowest BCUT2D eigenvalue weighted by Gasteiger charge is -1.95. The third-order valence-corrected chi connectivity index (χ3v) is 1.43. The van der Waals surface area contributed by atoms with E-state index in [1.165, 1.54) is 0 Å². The first-order valence-corrected chi connectivity index (χ1v) is 3.48. The molecule has 0 aromatic rings. The minimum Gasteiger partial charge on any atom is -0.306 e. The van der Waals surface area contributed by atoms with Crippen molar-refractivity contribution in [2.75, 3.05) is 5.75 Å². The van der Waals surface area contributed by atoms with E-state index in [1.54, 1.807) is 0 Å². The molecule has 0 radical (unpaired) electrons. The first-order valence-electron chi connectivity index (χ1n) is 2.20. The summed E-state index contributed by atoms with van der Waals surface area (Å²) in [7, 11) is 0. The van der Waals surface area contributed by atoms with E-state index in [2.05, 4.69) is 0 Å². The monoisotopic (exact) mass is 122 g/mol. The summed E-state index contributed by atoms with van der Waals surface area (Å²) in [6.45, 7) is 3.82. The molecule has 0 spiro atoms. The van der Waals surface area contributed by atoms with E-state index in [0.717, 1.165) is 0 Å². The van der Waals surface area contributed by atoms with Crippen LogP contribution in [0.25, 0.3) is 0 Å². The van der Waals surface area contributed by atoms with Crippen LogP contribution in [0.3, 0.4) is 0 Å². The summed E-state index contributed by atoms with van der Waals surface area (Å²) in [5, 5.41) is 0. The highest BCUT2D eigenvalue weighted by Crippen LogP contribution is 1.91. The van der Waals surface area contributed by atoms with Crippen LogP contribution in [0, 0.1) is 5.92 Å². The van der Waals surface area contributed by atoms with Crippen LogP contribution in [0.4, 0.5) is 0 Å². The van der Waals surface area contributed by atoms with Gasteiger partial charge in [-0.2, -0.15) is 0 Å². The Morgan fingerprint density at radius 1 is 1.71 bits per heavy atom. The number of hydrogen-bond acceptors (Lipinski definition) is 1. The standard InChI is InChI=1S/C4H10O2S/c1-4(2)3-7(5)6/h4H,3H2,1-2H3,(H,5,6). The molecule has 0 aliphatic carbocycles. The van der Waals surface area contributed by atoms with Crippen LogP contribution in [-0.4, -0.2) is 14.5 Å². The van der Waals surface area contributed by atoms with Gasteiger partial charge < -0.3 is 4.55 Å². The zero-order valence-electron chi connectivity index (χ0n) is 4.55. The molecule has 0 fully saturated rings. The van der Waals surface area contributed by atoms with E-state index in [0.29, 0.717) is 11.7 Å². The zero-order valence-corrected chi connectivity index (χ0v) is 5.36. The molecule has 0 aromatic carbocycles. The van der Waals surface area contributed by atoms with Crippen molar-refractivity contribution < 1.29 is 8.76 Å². The molecule has 7 heavy (non-hydrogen) atoms. The van der Waals surface area contributed by atoms with Gasteiger partial charge in [-0.15, -0.1) is 0 Å². The molecule has 0 aliphatic heterocycles. The summed E-state index contributed by atoms with van der Waals surface area (Å²) in [4.78, 5) is 0. The molecule has 2 nitrogen and oxygen atoms in total. The Morgan fingerprint density at radius 3 is 2.14 bits per heavy atom. The van der Waals surface area contributed by atoms with Crippen molar-refractivity contribution in [3.63, 3.8) is 0 Å². The highest BCUT2D eigenvalue weighted by Gasteiger charge is 1.95. The lowest BCUT2D eigenvalue weighted by atomic mass is 10.3. The van der Waals surface area contributed by atoms with Gasteiger partial charge in [-0.3, -0.25) is 0 Å². The molecule has 3 heteroatoms. The molecule has 44 valence electrons. The summed E-state index contributed by atoms with van der Waals surface area (Å²) in [6.07, 6.45) is 0. The fourth-order valence-electron chi connectivity index (χ4n) is 0.285. The van der Waals surface area contributed by atoms with Crippen LogP contribution in [-0.2, 0) is 11.1 Å². The summed E-state index contributed by atoms with van der Waals surface area (Å²) < 4.78 is 18.1. The Morgan fingerprint density at radius 2 is 2.14 bits per heavy atom. The fraction of sp³-hybridized carbons (Fsp3) is 1.00. The van der Waals surface area contributed by atoms with E-state index < -0.39 is 11.1 Å². The molecule has 0 bridgehead atoms. The van der Waals surface area contributed by atoms with Crippen LogP contribution in [0.1, 0.15) is 13.8 Å². The van der Waals surface area contributed by atoms with Crippen molar-refractivity contribution >= 4 is 11.1 Å². The van der Waals surface area contributed by atoms with Crippen molar-refractivity contribution in [2.45, 2.75) is 13.8 Å². The molecular weight excluding hydrogens is 112 g/mol. The van der Waals surface area contributed by atoms with Gasteiger partial charge in [-0.25, -0.2) is 4.21 Å². The lowest BCUT2D eigenvalue weighted by Crippen LogP contribution is -2.01. The average molecular weight is 122 g/mol. The van der Waals surface area contributed by atoms with E-state index in [4.69, 9.17) is 4.55 Å². The molecule has 0 saturated carbocycles. The van der Waals surface area contributed by atoms with Gasteiger partial charge in [-0.05, 0) is 5.92 Å². The van der Waals surface area contributed by atoms with Gasteiger partial charge in [0.1, 0.15) is 0 Å². The summed E-state index contributed by atoms with van der Waals surface area (Å²) >= 11 is -1.60. The fourth-order valence-corrected chi connectivity index (χ4v) is 0.855. The second-order valence-electron chi connectivity index (χ2n) is 1.88. The van der Waals surface area contributed by atoms with Crippen molar-refractivity contribution in [3.05, 3.63) is 0 Å². The molecule has 0 rings (SSSR count). The van der Waals surface area contributed by atoms with Crippen LogP contribution < -0.4 is 0 Å². The quantitative estimate of drug-likeness (QED) is 0.552. The number of hydrogen-bond donors (Lipinski definition) is 1. The van der Waals surface area contributed by atoms with Gasteiger partial charge in [0.15, 0.2) is 11.1 Å². The maximum absolute atomic E-state index is 9.92. The maximum Gasteiger partial charge on any atom is 0.153 e. The molecule has 1 atom stereocenters. The van der Waals surface area contributed by atoms with Gasteiger partial charge in [0.25, 0.3) is 0 Å². The number of rotatable bonds is 2. The predicted molar refractivity (Wildman–Crippen MR) is 30.5 cm³/mol. The Kier molecular flexibility index (Phi) is 3.21. The molecule has 0 saturated heterocycles. The maximum atomic E-state index is 9.92. The van der Waals surface area contributed by atoms with Crippen molar-refractivity contribution in [1.82, 2.24) is 0 Å². The van der Waals surface area contributed by atoms with Crippen LogP contribution in [0.2, 0.25) is 0 Å². The van der Waals surface area contributed by atoms with Crippen LogP contribution in [0.15, 0.2) is 0 Å². The third kappa shape index (κ3) is 6.11. The molecule has 0 aliphatic rings. The molecule has 0 aromatic heterocycles. The lowest BCUT2D eigenvalue weighted by molar-refractivity contribution is 0.551. The van der Waals surface area contributed by atoms with E-state index in [1.807, 2.05) is 13.8 Å². The topological polar surface area (TPSA) is 37.3 Å². The molecule has 0 unspecified atom stereocenters. The van der Waals surface area contributed by atoms with Gasteiger partial charge in [0.05, 0.1) is 5.75 Å². The van der Waals surface area contributed by atoms with E-state index in [9.17, 15) is 4.21 Å². The second-order valence-corrected chi connectivity index (χ2v) is 2.86. The van der Waals surface area contributed by atoms with Crippen molar-refractivity contribution in [1.29, 1.82) is 0 Å². The van der Waals surface area contributed by atoms with E-state index >= 15 is 0 Å². The Balaban J connectivity index is 3.13. The Hall–Kier alpha value is 0.110. The van der Waals surface area contributed by atoms with Crippen molar-refractivity contribution in [2.24, 2.45) is 5.92 Å². The highest BCUT2D eigenvalue weighted by molar-refractivity contribution is 7.79. The molecule has 0 amide bonds. The van der Waals surface area contributed by atoms with Crippen LogP contribution in [0.5, 0.6) is 0 Å². The zero-order chi connectivity index (χ0) is 5.86. The highest BCUT2D eigenvalue weighted by atomic mass is 32.2. The largest absolute Gasteiger partial charge is 0.306 e. The summed E-state index contributed by atoms with van der Waals surface area (Å²) in [5.41, 5.74) is 0. The van der Waals surface area contributed by atoms with Gasteiger partial charge in [-0.1, -0.05) is 13.8 Å². The first kappa shape index (κ1) is 7.11. The van der Waals surface area contributed by atoms with Gasteiger partial charge >= 0.3 is 0 Å². The second kappa shape index (κ2) is 3.16. The van der Waals surface area contributed by atoms with Crippen molar-refractivity contribution in [3.8, 4) is 0 Å². The smallest absolute Gasteiger partial charge is 0.153 e. The van der Waals surface area contributed by atoms with Gasteiger partial charge in [0.2, 0.25) is 0 Å². The Bertz CT molecular complexity index is 70.1. The minimum atomic E-state index is -1.60. The molecule has 0 heterocycles. The molecular formula is C4H10O2S. The van der Waals surface area contributed by atoms with E-state index in [-0.39, 0.29) is 0 Å². The third-order valence-electron chi connectivity index (χ3n) is 0.476. The SMILES string of the molecule is CC(C)C[S@](=O)O. The normalized spacial score (nSPS) is 14.9. The predicted octanol–water partition coefficient (Wildman–Crippen LogP) is 0.864. The minimum absolute atomic E-state index is 0.325. The van der Waals surface area contributed by atoms with Crippen LogP contribution >= 0.6 is 0 Å². The summed E-state index contributed by atoms with van der Waals surface area (Å²) in [5.74, 6) is 0.714. The molecule has 1 N–H and O–H groups in total.